The minimum atomic E-state index is -0.288. The fraction of sp³-hybridized carbons (Fsp3) is 0.136. The van der Waals surface area contributed by atoms with E-state index >= 15 is 0 Å². The molecule has 0 bridgehead atoms. The smallest absolute Gasteiger partial charge is 0.308 e. The molecule has 0 spiro atoms. The summed E-state index contributed by atoms with van der Waals surface area (Å²) >= 11 is 0. The Balaban J connectivity index is 2.13. The molecule has 0 radical (unpaired) electrons. The van der Waals surface area contributed by atoms with E-state index in [2.05, 4.69) is 60.7 Å². The summed E-state index contributed by atoms with van der Waals surface area (Å²) in [6, 6.07) is 25.3. The van der Waals surface area contributed by atoms with Gasteiger partial charge in [0.25, 0.3) is 0 Å². The maximum atomic E-state index is 11.4. The molecule has 0 saturated carbocycles. The van der Waals surface area contributed by atoms with Crippen molar-refractivity contribution in [3.8, 4) is 5.75 Å². The van der Waals surface area contributed by atoms with E-state index in [0.717, 1.165) is 11.1 Å². The van der Waals surface area contributed by atoms with Crippen LogP contribution in [0, 0.1) is 13.8 Å². The Labute approximate surface area is 151 Å². The second kappa shape index (κ2) is 7.58. The number of benzene rings is 3. The number of aryl methyl sites for hydroxylation is 2. The first-order chi connectivity index (χ1) is 12.1. The summed E-state index contributed by atoms with van der Waals surface area (Å²) in [6.07, 6.45) is 0. The molecule has 0 unspecified atom stereocenters. The summed E-state index contributed by atoms with van der Waals surface area (Å²) in [4.78, 5) is 15.1. The third-order valence-corrected chi connectivity index (χ3v) is 6.07. The minimum Gasteiger partial charge on any atom is -0.426 e. The number of carbonyl (C=O) groups excluding carboxylic acids is 1. The Morgan fingerprint density at radius 1 is 0.760 bits per heavy atom. The van der Waals surface area contributed by atoms with Crippen LogP contribution in [-0.4, -0.2) is 5.97 Å². The summed E-state index contributed by atoms with van der Waals surface area (Å²) in [6.45, 7) is 5.42. The molecule has 0 N–H and O–H groups in total. The molecule has 126 valence electrons. The number of rotatable bonds is 4. The van der Waals surface area contributed by atoms with Gasteiger partial charge in [0.05, 0.1) is 10.9 Å². The summed E-state index contributed by atoms with van der Waals surface area (Å²) < 4.78 is 5.39. The Morgan fingerprint density at radius 3 is 1.60 bits per heavy atom. The van der Waals surface area contributed by atoms with Gasteiger partial charge in [-0.3, -0.25) is 4.79 Å². The third kappa shape index (κ3) is 3.94. The van der Waals surface area contributed by atoms with E-state index in [-0.39, 0.29) is 16.9 Å². The summed E-state index contributed by atoms with van der Waals surface area (Å²) in [5, 5.41) is 0. The number of ether oxygens (including phenoxy) is 1. The zero-order chi connectivity index (χ0) is 17.8. The van der Waals surface area contributed by atoms with Crippen LogP contribution in [-0.2, 0) is 15.7 Å². The Bertz CT molecular complexity index is 811. The lowest BCUT2D eigenvalue weighted by Gasteiger charge is -2.13. The van der Waals surface area contributed by atoms with E-state index < -0.39 is 0 Å². The van der Waals surface area contributed by atoms with Gasteiger partial charge >= 0.3 is 5.97 Å². The molecular formula is C22H21O2S+. The lowest BCUT2D eigenvalue weighted by atomic mass is 10.1. The van der Waals surface area contributed by atoms with Gasteiger partial charge in [-0.15, -0.1) is 0 Å². The molecule has 0 heterocycles. The highest BCUT2D eigenvalue weighted by Crippen LogP contribution is 2.35. The van der Waals surface area contributed by atoms with Crippen molar-refractivity contribution in [2.75, 3.05) is 0 Å². The molecule has 0 atom stereocenters. The maximum Gasteiger partial charge on any atom is 0.308 e. The SMILES string of the molecule is CC(=O)Oc1c(C)cc([S+](c2ccccc2)c2ccccc2)cc1C. The van der Waals surface area contributed by atoms with Gasteiger partial charge in [0.1, 0.15) is 5.75 Å². The first-order valence-electron chi connectivity index (χ1n) is 8.20. The molecule has 0 amide bonds. The highest BCUT2D eigenvalue weighted by Gasteiger charge is 2.29. The van der Waals surface area contributed by atoms with E-state index in [0.29, 0.717) is 5.75 Å². The molecule has 0 aliphatic carbocycles. The molecule has 0 fully saturated rings. The third-order valence-electron chi connectivity index (χ3n) is 3.87. The Hall–Kier alpha value is -2.52. The number of carbonyl (C=O) groups is 1. The molecule has 0 saturated heterocycles. The minimum absolute atomic E-state index is 0.197. The van der Waals surface area contributed by atoms with Crippen molar-refractivity contribution in [3.05, 3.63) is 83.9 Å². The summed E-state index contributed by atoms with van der Waals surface area (Å²) in [7, 11) is -0.197. The number of esters is 1. The molecule has 3 aromatic carbocycles. The van der Waals surface area contributed by atoms with Crippen LogP contribution >= 0.6 is 0 Å². The molecule has 3 rings (SSSR count). The van der Waals surface area contributed by atoms with Gasteiger partial charge in [-0.25, -0.2) is 0 Å². The van der Waals surface area contributed by atoms with Gasteiger partial charge in [-0.1, -0.05) is 36.4 Å². The van der Waals surface area contributed by atoms with Crippen LogP contribution in [0.4, 0.5) is 0 Å². The summed E-state index contributed by atoms with van der Waals surface area (Å²) in [5.41, 5.74) is 1.96. The first-order valence-corrected chi connectivity index (χ1v) is 9.43. The second-order valence-corrected chi connectivity index (χ2v) is 7.94. The fourth-order valence-electron chi connectivity index (χ4n) is 2.85. The van der Waals surface area contributed by atoms with Crippen LogP contribution in [0.1, 0.15) is 18.1 Å². The average Bonchev–Trinajstić information content (AvgIpc) is 2.60. The van der Waals surface area contributed by atoms with Crippen LogP contribution < -0.4 is 4.74 Å². The van der Waals surface area contributed by atoms with Crippen LogP contribution in [0.2, 0.25) is 0 Å². The van der Waals surface area contributed by atoms with Crippen LogP contribution in [0.25, 0.3) is 0 Å². The Morgan fingerprint density at radius 2 is 1.20 bits per heavy atom. The molecule has 0 aromatic heterocycles. The van der Waals surface area contributed by atoms with E-state index in [1.165, 1.54) is 21.6 Å². The normalized spacial score (nSPS) is 10.7. The highest BCUT2D eigenvalue weighted by atomic mass is 32.2. The van der Waals surface area contributed by atoms with Gasteiger partial charge in [0, 0.05) is 19.1 Å². The van der Waals surface area contributed by atoms with Gasteiger partial charge in [0.15, 0.2) is 14.7 Å². The van der Waals surface area contributed by atoms with Crippen molar-refractivity contribution in [2.24, 2.45) is 0 Å². The molecule has 2 nitrogen and oxygen atoms in total. The van der Waals surface area contributed by atoms with Crippen LogP contribution in [0.3, 0.4) is 0 Å². The molecule has 3 aromatic rings. The quantitative estimate of drug-likeness (QED) is 0.362. The Kier molecular flexibility index (Phi) is 5.25. The van der Waals surface area contributed by atoms with Crippen molar-refractivity contribution in [3.63, 3.8) is 0 Å². The van der Waals surface area contributed by atoms with E-state index in [1.54, 1.807) is 0 Å². The van der Waals surface area contributed by atoms with Gasteiger partial charge in [-0.2, -0.15) is 0 Å². The lowest BCUT2D eigenvalue weighted by molar-refractivity contribution is -0.131. The van der Waals surface area contributed by atoms with E-state index in [4.69, 9.17) is 4.74 Å². The van der Waals surface area contributed by atoms with Crippen molar-refractivity contribution < 1.29 is 9.53 Å². The molecule has 3 heteroatoms. The zero-order valence-corrected chi connectivity index (χ0v) is 15.5. The summed E-state index contributed by atoms with van der Waals surface area (Å²) in [5.74, 6) is 0.380. The number of hydrogen-bond acceptors (Lipinski definition) is 2. The topological polar surface area (TPSA) is 26.3 Å². The molecule has 0 aliphatic heterocycles. The monoisotopic (exact) mass is 349 g/mol. The second-order valence-electron chi connectivity index (χ2n) is 5.91. The van der Waals surface area contributed by atoms with Crippen molar-refractivity contribution in [2.45, 2.75) is 35.5 Å². The molecular weight excluding hydrogens is 328 g/mol. The van der Waals surface area contributed by atoms with Crippen LogP contribution in [0.15, 0.2) is 87.5 Å². The van der Waals surface area contributed by atoms with Crippen molar-refractivity contribution >= 4 is 16.9 Å². The highest BCUT2D eigenvalue weighted by molar-refractivity contribution is 7.97. The fourth-order valence-corrected chi connectivity index (χ4v) is 5.12. The average molecular weight is 349 g/mol. The predicted molar refractivity (Wildman–Crippen MR) is 102 cm³/mol. The maximum absolute atomic E-state index is 11.4. The largest absolute Gasteiger partial charge is 0.426 e. The standard InChI is InChI=1S/C22H21O2S/c1-16-14-21(15-17(2)22(16)24-18(3)23)25(19-10-6-4-7-11-19)20-12-8-5-9-13-20/h4-15H,1-3H3/q+1. The van der Waals surface area contributed by atoms with E-state index in [1.807, 2.05) is 26.0 Å². The zero-order valence-electron chi connectivity index (χ0n) is 14.7. The first kappa shape index (κ1) is 17.3. The lowest BCUT2D eigenvalue weighted by Crippen LogP contribution is -2.08. The molecule has 0 aliphatic rings. The van der Waals surface area contributed by atoms with E-state index in [9.17, 15) is 4.79 Å². The molecule has 25 heavy (non-hydrogen) atoms. The van der Waals surface area contributed by atoms with Crippen molar-refractivity contribution in [1.82, 2.24) is 0 Å². The van der Waals surface area contributed by atoms with Gasteiger partial charge < -0.3 is 4.74 Å². The van der Waals surface area contributed by atoms with Gasteiger partial charge in [-0.05, 0) is 49.2 Å². The number of hydrogen-bond donors (Lipinski definition) is 0. The van der Waals surface area contributed by atoms with Crippen molar-refractivity contribution in [1.29, 1.82) is 0 Å². The van der Waals surface area contributed by atoms with Gasteiger partial charge in [0.2, 0.25) is 0 Å². The van der Waals surface area contributed by atoms with Crippen LogP contribution in [0.5, 0.6) is 5.75 Å². The predicted octanol–water partition coefficient (Wildman–Crippen LogP) is 5.32.